The van der Waals surface area contributed by atoms with Crippen LogP contribution in [-0.2, 0) is 17.5 Å². The van der Waals surface area contributed by atoms with Crippen LogP contribution in [0.15, 0.2) is 24.3 Å². The van der Waals surface area contributed by atoms with Gasteiger partial charge in [0.05, 0.1) is 21.8 Å². The van der Waals surface area contributed by atoms with Gasteiger partial charge in [0.15, 0.2) is 5.69 Å². The quantitative estimate of drug-likeness (QED) is 0.348. The summed E-state index contributed by atoms with van der Waals surface area (Å²) in [5, 5.41) is 6.14. The summed E-state index contributed by atoms with van der Waals surface area (Å²) in [6.07, 6.45) is -0.396. The highest BCUT2D eigenvalue weighted by atomic mass is 35.5. The molecule has 7 nitrogen and oxygen atoms in total. The van der Waals surface area contributed by atoms with E-state index < -0.39 is 11.9 Å². The van der Waals surface area contributed by atoms with E-state index in [1.807, 2.05) is 0 Å². The average molecular weight is 511 g/mol. The molecule has 188 valence electrons. The van der Waals surface area contributed by atoms with Gasteiger partial charge >= 0.3 is 6.18 Å². The molecular weight excluding hydrogens is 485 g/mol. The molecule has 0 spiro atoms. The standard InChI is InChI=1S/C24H26ClF3N4O3/c25-19-20(15-10-11-15)32(30-21(19)24(26,27)28)14-6-12-29-18(33)9-2-1-5-13-31-22(34)16-7-3-4-8-17(16)23(31)35/h3-4,7-8,15H,1-2,5-6,9-14H2,(H,29,33). The van der Waals surface area contributed by atoms with Crippen molar-refractivity contribution in [3.8, 4) is 0 Å². The molecule has 0 saturated heterocycles. The molecule has 1 aliphatic carbocycles. The van der Waals surface area contributed by atoms with Crippen molar-refractivity contribution in [1.29, 1.82) is 0 Å². The zero-order chi connectivity index (χ0) is 25.2. The molecule has 2 heterocycles. The van der Waals surface area contributed by atoms with Gasteiger partial charge in [-0.2, -0.15) is 18.3 Å². The van der Waals surface area contributed by atoms with Crippen molar-refractivity contribution >= 4 is 29.3 Å². The number of fused-ring (bicyclic) bond motifs is 1. The smallest absolute Gasteiger partial charge is 0.356 e. The molecule has 1 fully saturated rings. The number of carbonyl (C=O) groups excluding carboxylic acids is 3. The van der Waals surface area contributed by atoms with Gasteiger partial charge in [0.1, 0.15) is 0 Å². The summed E-state index contributed by atoms with van der Waals surface area (Å²) >= 11 is 5.96. The number of amides is 3. The number of rotatable bonds is 11. The van der Waals surface area contributed by atoms with E-state index >= 15 is 0 Å². The molecule has 2 aliphatic rings. The first kappa shape index (κ1) is 25.2. The third kappa shape index (κ3) is 5.69. The van der Waals surface area contributed by atoms with Crippen LogP contribution in [0.3, 0.4) is 0 Å². The predicted molar refractivity (Wildman–Crippen MR) is 122 cm³/mol. The highest BCUT2D eigenvalue weighted by Gasteiger charge is 2.42. The number of aromatic nitrogens is 2. The Morgan fingerprint density at radius 3 is 2.29 bits per heavy atom. The largest absolute Gasteiger partial charge is 0.436 e. The SMILES string of the molecule is O=C(CCCCCN1C(=O)c2ccccc2C1=O)NCCCn1nc(C(F)(F)F)c(Cl)c1C1CC1. The number of benzene rings is 1. The first-order valence-electron chi connectivity index (χ1n) is 11.7. The molecule has 1 aliphatic heterocycles. The molecule has 35 heavy (non-hydrogen) atoms. The van der Waals surface area contributed by atoms with Crippen molar-refractivity contribution in [3.63, 3.8) is 0 Å². The molecule has 11 heteroatoms. The second kappa shape index (κ2) is 10.4. The first-order valence-corrected chi connectivity index (χ1v) is 12.1. The van der Waals surface area contributed by atoms with Gasteiger partial charge in [0.25, 0.3) is 11.8 Å². The normalized spacial score (nSPS) is 15.6. The summed E-state index contributed by atoms with van der Waals surface area (Å²) in [6, 6.07) is 6.73. The lowest BCUT2D eigenvalue weighted by Gasteiger charge is -2.13. The maximum Gasteiger partial charge on any atom is 0.436 e. The van der Waals surface area contributed by atoms with E-state index in [-0.39, 0.29) is 35.2 Å². The zero-order valence-corrected chi connectivity index (χ0v) is 19.8. The molecule has 4 rings (SSSR count). The van der Waals surface area contributed by atoms with Crippen LogP contribution in [0.25, 0.3) is 0 Å². The lowest BCUT2D eigenvalue weighted by Crippen LogP contribution is -2.30. The van der Waals surface area contributed by atoms with Crippen LogP contribution in [0.1, 0.15) is 83.0 Å². The van der Waals surface area contributed by atoms with Gasteiger partial charge in [-0.15, -0.1) is 0 Å². The molecule has 0 radical (unpaired) electrons. The fourth-order valence-electron chi connectivity index (χ4n) is 4.27. The number of aryl methyl sites for hydroxylation is 1. The highest BCUT2D eigenvalue weighted by Crippen LogP contribution is 2.46. The van der Waals surface area contributed by atoms with Crippen molar-refractivity contribution < 1.29 is 27.6 Å². The number of hydrogen-bond acceptors (Lipinski definition) is 4. The number of unbranched alkanes of at least 4 members (excludes halogenated alkanes) is 2. The monoisotopic (exact) mass is 510 g/mol. The summed E-state index contributed by atoms with van der Waals surface area (Å²) in [5.41, 5.74) is 0.232. The molecule has 3 amide bonds. The molecule has 1 saturated carbocycles. The molecule has 2 aromatic rings. The van der Waals surface area contributed by atoms with Crippen molar-refractivity contribution in [1.82, 2.24) is 20.0 Å². The van der Waals surface area contributed by atoms with E-state index in [0.717, 1.165) is 12.8 Å². The van der Waals surface area contributed by atoms with Gasteiger partial charge < -0.3 is 5.32 Å². The minimum atomic E-state index is -4.60. The fraction of sp³-hybridized carbons (Fsp3) is 0.500. The van der Waals surface area contributed by atoms with E-state index in [0.29, 0.717) is 62.0 Å². The fourth-order valence-corrected chi connectivity index (χ4v) is 4.67. The zero-order valence-electron chi connectivity index (χ0n) is 19.0. The molecule has 0 bridgehead atoms. The summed E-state index contributed by atoms with van der Waals surface area (Å²) in [4.78, 5) is 38.0. The van der Waals surface area contributed by atoms with Crippen LogP contribution in [0, 0.1) is 0 Å². The Morgan fingerprint density at radius 2 is 1.69 bits per heavy atom. The number of alkyl halides is 3. The van der Waals surface area contributed by atoms with E-state index in [2.05, 4.69) is 10.4 Å². The minimum Gasteiger partial charge on any atom is -0.356 e. The average Bonchev–Trinajstić information content (AvgIpc) is 3.55. The Labute approximate surface area is 205 Å². The number of halogens is 4. The second-order valence-corrected chi connectivity index (χ2v) is 9.24. The Bertz CT molecular complexity index is 1090. The van der Waals surface area contributed by atoms with Gasteiger partial charge in [0.2, 0.25) is 5.91 Å². The van der Waals surface area contributed by atoms with E-state index in [4.69, 9.17) is 11.6 Å². The van der Waals surface area contributed by atoms with Crippen molar-refractivity contribution in [3.05, 3.63) is 51.8 Å². The minimum absolute atomic E-state index is 0.0148. The molecule has 1 N–H and O–H groups in total. The number of carbonyl (C=O) groups is 3. The molecule has 1 aromatic carbocycles. The molecular formula is C24H26ClF3N4O3. The topological polar surface area (TPSA) is 84.3 Å². The molecule has 0 unspecified atom stereocenters. The van der Waals surface area contributed by atoms with Crippen molar-refractivity contribution in [2.45, 2.75) is 63.6 Å². The number of nitrogens with zero attached hydrogens (tertiary/aromatic N) is 3. The van der Waals surface area contributed by atoms with E-state index in [9.17, 15) is 27.6 Å². The van der Waals surface area contributed by atoms with Gasteiger partial charge in [-0.1, -0.05) is 30.2 Å². The third-order valence-electron chi connectivity index (χ3n) is 6.20. The number of imide groups is 1. The van der Waals surface area contributed by atoms with Gasteiger partial charge in [0, 0.05) is 32.0 Å². The summed E-state index contributed by atoms with van der Waals surface area (Å²) in [7, 11) is 0. The van der Waals surface area contributed by atoms with E-state index in [1.165, 1.54) is 9.58 Å². The number of hydrogen-bond donors (Lipinski definition) is 1. The summed E-state index contributed by atoms with van der Waals surface area (Å²) in [5.74, 6) is -0.702. The van der Waals surface area contributed by atoms with Gasteiger partial charge in [-0.25, -0.2) is 0 Å². The van der Waals surface area contributed by atoms with Crippen molar-refractivity contribution in [2.24, 2.45) is 0 Å². The van der Waals surface area contributed by atoms with Crippen LogP contribution in [0.4, 0.5) is 13.2 Å². The highest BCUT2D eigenvalue weighted by molar-refractivity contribution is 6.32. The number of nitrogens with one attached hydrogen (secondary N) is 1. The van der Waals surface area contributed by atoms with Gasteiger partial charge in [-0.3, -0.25) is 24.0 Å². The summed E-state index contributed by atoms with van der Waals surface area (Å²) < 4.78 is 40.7. The second-order valence-electron chi connectivity index (χ2n) is 8.86. The first-order chi connectivity index (χ1) is 16.7. The van der Waals surface area contributed by atoms with Crippen molar-refractivity contribution in [2.75, 3.05) is 13.1 Å². The summed E-state index contributed by atoms with van der Waals surface area (Å²) in [6.45, 7) is 0.864. The Morgan fingerprint density at radius 1 is 1.03 bits per heavy atom. The van der Waals surface area contributed by atoms with Crippen LogP contribution in [0.5, 0.6) is 0 Å². The predicted octanol–water partition coefficient (Wildman–Crippen LogP) is 4.80. The Hall–Kier alpha value is -2.88. The maximum atomic E-state index is 13.1. The lowest BCUT2D eigenvalue weighted by atomic mass is 10.1. The third-order valence-corrected chi connectivity index (χ3v) is 6.57. The Balaban J connectivity index is 1.13. The maximum absolute atomic E-state index is 13.1. The van der Waals surface area contributed by atoms with Crippen LogP contribution >= 0.6 is 11.6 Å². The van der Waals surface area contributed by atoms with Crippen LogP contribution in [-0.4, -0.2) is 45.5 Å². The van der Waals surface area contributed by atoms with Gasteiger partial charge in [-0.05, 0) is 44.2 Å². The van der Waals surface area contributed by atoms with Crippen LogP contribution in [0.2, 0.25) is 5.02 Å². The molecule has 1 aromatic heterocycles. The van der Waals surface area contributed by atoms with E-state index in [1.54, 1.807) is 24.3 Å². The Kier molecular flexibility index (Phi) is 7.49. The molecule has 0 atom stereocenters. The lowest BCUT2D eigenvalue weighted by molar-refractivity contribution is -0.141. The van der Waals surface area contributed by atoms with Crippen LogP contribution < -0.4 is 5.32 Å².